The highest BCUT2D eigenvalue weighted by atomic mass is 16.5. The molecule has 7 heteroatoms. The topological polar surface area (TPSA) is 79.0 Å². The number of ketones is 1. The van der Waals surface area contributed by atoms with Gasteiger partial charge in [0.05, 0.1) is 24.8 Å². The summed E-state index contributed by atoms with van der Waals surface area (Å²) in [5, 5.41) is 0.282. The number of rotatable bonds is 5. The van der Waals surface area contributed by atoms with Crippen molar-refractivity contribution in [1.29, 1.82) is 0 Å². The van der Waals surface area contributed by atoms with E-state index in [0.29, 0.717) is 28.1 Å². The maximum Gasteiger partial charge on any atom is 0.343 e. The standard InChI is InChI=1S/C24H22N2O5/c1-5-31-24(29)17-13-25(3)18-10-9-15(12-16(18)22(17)28)21(27)20-14(2)23(30-4)19-8-6-7-11-26(19)20/h6-13H,5H2,1-4H3. The van der Waals surface area contributed by atoms with Crippen molar-refractivity contribution < 1.29 is 19.1 Å². The average Bonchev–Trinajstić information content (AvgIpc) is 3.06. The third kappa shape index (κ3) is 3.18. The molecule has 0 bridgehead atoms. The van der Waals surface area contributed by atoms with E-state index in [9.17, 15) is 14.4 Å². The van der Waals surface area contributed by atoms with E-state index in [1.807, 2.05) is 25.1 Å². The Kier molecular flexibility index (Phi) is 5.10. The Hall–Kier alpha value is -3.87. The first-order valence-electron chi connectivity index (χ1n) is 9.87. The third-order valence-electron chi connectivity index (χ3n) is 5.39. The number of benzene rings is 1. The van der Waals surface area contributed by atoms with Gasteiger partial charge < -0.3 is 18.4 Å². The second-order valence-electron chi connectivity index (χ2n) is 7.23. The van der Waals surface area contributed by atoms with Crippen molar-refractivity contribution in [3.63, 3.8) is 0 Å². The molecular weight excluding hydrogens is 396 g/mol. The van der Waals surface area contributed by atoms with Gasteiger partial charge in [-0.25, -0.2) is 4.79 Å². The molecule has 0 saturated carbocycles. The minimum Gasteiger partial charge on any atom is -0.494 e. The number of hydrogen-bond donors (Lipinski definition) is 0. The quantitative estimate of drug-likeness (QED) is 0.366. The van der Waals surface area contributed by atoms with Gasteiger partial charge in [0.2, 0.25) is 11.2 Å². The molecule has 0 atom stereocenters. The molecule has 0 aliphatic carbocycles. The number of esters is 1. The minimum absolute atomic E-state index is 0.0626. The zero-order chi connectivity index (χ0) is 22.3. The lowest BCUT2D eigenvalue weighted by Gasteiger charge is -2.10. The van der Waals surface area contributed by atoms with Gasteiger partial charge in [-0.1, -0.05) is 6.07 Å². The van der Waals surface area contributed by atoms with Gasteiger partial charge in [0, 0.05) is 36.0 Å². The van der Waals surface area contributed by atoms with Crippen molar-refractivity contribution in [2.75, 3.05) is 13.7 Å². The molecule has 7 nitrogen and oxygen atoms in total. The van der Waals surface area contributed by atoms with Crippen molar-refractivity contribution in [2.45, 2.75) is 13.8 Å². The van der Waals surface area contributed by atoms with Gasteiger partial charge in [0.1, 0.15) is 17.0 Å². The van der Waals surface area contributed by atoms with E-state index in [1.165, 1.54) is 12.3 Å². The molecule has 0 unspecified atom stereocenters. The first-order chi connectivity index (χ1) is 14.9. The summed E-state index contributed by atoms with van der Waals surface area (Å²) in [5.74, 6) is -0.294. The molecule has 0 radical (unpaired) electrons. The van der Waals surface area contributed by atoms with Crippen LogP contribution in [0.2, 0.25) is 0 Å². The van der Waals surface area contributed by atoms with Crippen LogP contribution in [0.3, 0.4) is 0 Å². The van der Waals surface area contributed by atoms with E-state index in [1.54, 1.807) is 48.4 Å². The first kappa shape index (κ1) is 20.4. The van der Waals surface area contributed by atoms with Gasteiger partial charge in [-0.2, -0.15) is 0 Å². The van der Waals surface area contributed by atoms with Crippen molar-refractivity contribution in [2.24, 2.45) is 7.05 Å². The summed E-state index contributed by atoms with van der Waals surface area (Å²) in [5.41, 5.74) is 2.40. The summed E-state index contributed by atoms with van der Waals surface area (Å²) >= 11 is 0. The molecule has 0 N–H and O–H groups in total. The predicted octanol–water partition coefficient (Wildman–Crippen LogP) is 3.52. The zero-order valence-electron chi connectivity index (χ0n) is 17.8. The molecule has 3 aromatic heterocycles. The van der Waals surface area contributed by atoms with E-state index in [0.717, 1.165) is 5.52 Å². The Morgan fingerprint density at radius 3 is 2.58 bits per heavy atom. The van der Waals surface area contributed by atoms with Gasteiger partial charge in [0.25, 0.3) is 0 Å². The van der Waals surface area contributed by atoms with Crippen LogP contribution >= 0.6 is 0 Å². The number of fused-ring (bicyclic) bond motifs is 2. The highest BCUT2D eigenvalue weighted by Gasteiger charge is 2.23. The van der Waals surface area contributed by atoms with Gasteiger partial charge >= 0.3 is 5.97 Å². The highest BCUT2D eigenvalue weighted by molar-refractivity contribution is 6.12. The van der Waals surface area contributed by atoms with Crippen molar-refractivity contribution in [1.82, 2.24) is 8.97 Å². The maximum atomic E-state index is 13.5. The average molecular weight is 418 g/mol. The van der Waals surface area contributed by atoms with Gasteiger partial charge in [-0.15, -0.1) is 0 Å². The number of ether oxygens (including phenoxy) is 2. The monoisotopic (exact) mass is 418 g/mol. The van der Waals surface area contributed by atoms with Crippen LogP contribution in [0.4, 0.5) is 0 Å². The Morgan fingerprint density at radius 2 is 1.87 bits per heavy atom. The second kappa shape index (κ2) is 7.75. The normalized spacial score (nSPS) is 11.1. The van der Waals surface area contributed by atoms with E-state index in [4.69, 9.17) is 9.47 Å². The summed E-state index contributed by atoms with van der Waals surface area (Å²) in [4.78, 5) is 38.7. The molecule has 0 aliphatic rings. The van der Waals surface area contributed by atoms with Gasteiger partial charge in [-0.3, -0.25) is 9.59 Å². The lowest BCUT2D eigenvalue weighted by atomic mass is 10.0. The van der Waals surface area contributed by atoms with Crippen molar-refractivity contribution in [3.05, 3.63) is 81.4 Å². The highest BCUT2D eigenvalue weighted by Crippen LogP contribution is 2.32. The number of nitrogens with zero attached hydrogens (tertiary/aromatic N) is 2. The van der Waals surface area contributed by atoms with E-state index in [-0.39, 0.29) is 23.3 Å². The van der Waals surface area contributed by atoms with Crippen LogP contribution in [0, 0.1) is 6.92 Å². The predicted molar refractivity (Wildman–Crippen MR) is 117 cm³/mol. The smallest absolute Gasteiger partial charge is 0.343 e. The second-order valence-corrected chi connectivity index (χ2v) is 7.23. The van der Waals surface area contributed by atoms with E-state index >= 15 is 0 Å². The summed E-state index contributed by atoms with van der Waals surface area (Å²) in [6.07, 6.45) is 3.26. The molecule has 0 amide bonds. The lowest BCUT2D eigenvalue weighted by molar-refractivity contribution is 0.0524. The van der Waals surface area contributed by atoms with Gasteiger partial charge in [-0.05, 0) is 44.2 Å². The largest absolute Gasteiger partial charge is 0.494 e. The number of methoxy groups -OCH3 is 1. The fourth-order valence-corrected chi connectivity index (χ4v) is 3.97. The van der Waals surface area contributed by atoms with Gasteiger partial charge in [0.15, 0.2) is 0 Å². The molecule has 31 heavy (non-hydrogen) atoms. The number of hydrogen-bond acceptors (Lipinski definition) is 5. The molecule has 0 saturated heterocycles. The van der Waals surface area contributed by atoms with Crippen LogP contribution in [0.1, 0.15) is 38.9 Å². The Bertz CT molecular complexity index is 1410. The maximum absolute atomic E-state index is 13.5. The number of pyridine rings is 2. The van der Waals surface area contributed by atoms with Crippen molar-refractivity contribution >= 4 is 28.2 Å². The van der Waals surface area contributed by atoms with Crippen LogP contribution in [-0.2, 0) is 11.8 Å². The molecule has 0 fully saturated rings. The van der Waals surface area contributed by atoms with Crippen LogP contribution in [0.15, 0.2) is 53.6 Å². The SMILES string of the molecule is CCOC(=O)c1cn(C)c2ccc(C(=O)c3c(C)c(OC)c4ccccn34)cc2c1=O. The number of carbonyl (C=O) groups is 2. The molecule has 0 aliphatic heterocycles. The van der Waals surface area contributed by atoms with Crippen LogP contribution in [0.25, 0.3) is 16.4 Å². The number of aryl methyl sites for hydroxylation is 1. The first-order valence-corrected chi connectivity index (χ1v) is 9.87. The van der Waals surface area contributed by atoms with Crippen molar-refractivity contribution in [3.8, 4) is 5.75 Å². The summed E-state index contributed by atoms with van der Waals surface area (Å²) in [7, 11) is 3.31. The summed E-state index contributed by atoms with van der Waals surface area (Å²) < 4.78 is 14.0. The number of aromatic nitrogens is 2. The van der Waals surface area contributed by atoms with Crippen LogP contribution < -0.4 is 10.2 Å². The Labute approximate surface area is 178 Å². The Morgan fingerprint density at radius 1 is 1.10 bits per heavy atom. The fraction of sp³-hybridized carbons (Fsp3) is 0.208. The molecular formula is C24H22N2O5. The Balaban J connectivity index is 1.92. The number of carbonyl (C=O) groups excluding carboxylic acids is 2. The molecule has 4 aromatic rings. The summed E-state index contributed by atoms with van der Waals surface area (Å²) in [6.45, 7) is 3.68. The zero-order valence-corrected chi connectivity index (χ0v) is 17.8. The molecule has 4 rings (SSSR count). The molecule has 158 valence electrons. The fourth-order valence-electron chi connectivity index (χ4n) is 3.97. The van der Waals surface area contributed by atoms with E-state index in [2.05, 4.69) is 0 Å². The molecule has 0 spiro atoms. The third-order valence-corrected chi connectivity index (χ3v) is 5.39. The van der Waals surface area contributed by atoms with Crippen LogP contribution in [0.5, 0.6) is 5.75 Å². The molecule has 1 aromatic carbocycles. The lowest BCUT2D eigenvalue weighted by Crippen LogP contribution is -2.20. The minimum atomic E-state index is -0.681. The van der Waals surface area contributed by atoms with Crippen LogP contribution in [-0.4, -0.2) is 34.4 Å². The summed E-state index contributed by atoms with van der Waals surface area (Å²) in [6, 6.07) is 10.5. The molecule has 3 heterocycles. The van der Waals surface area contributed by atoms with E-state index < -0.39 is 11.4 Å².